The van der Waals surface area contributed by atoms with Crippen molar-refractivity contribution in [3.63, 3.8) is 0 Å². The maximum Gasteiger partial charge on any atom is 0.282 e. The van der Waals surface area contributed by atoms with Crippen molar-refractivity contribution in [3.8, 4) is 22.9 Å². The highest BCUT2D eigenvalue weighted by atomic mass is 19.1. The molecule has 0 bridgehead atoms. The predicted octanol–water partition coefficient (Wildman–Crippen LogP) is 6.93. The second-order valence-electron chi connectivity index (χ2n) is 10.5. The molecule has 0 aliphatic carbocycles. The summed E-state index contributed by atoms with van der Waals surface area (Å²) in [6.07, 6.45) is 1.58. The van der Waals surface area contributed by atoms with E-state index in [1.54, 1.807) is 48.7 Å². The second kappa shape index (κ2) is 13.3. The largest absolute Gasteiger partial charge is 0.494 e. The van der Waals surface area contributed by atoms with Gasteiger partial charge in [-0.1, -0.05) is 32.0 Å². The number of benzene rings is 4. The van der Waals surface area contributed by atoms with E-state index in [2.05, 4.69) is 24.3 Å². The number of hydrogen-bond donors (Lipinski definition) is 1. The quantitative estimate of drug-likeness (QED) is 0.178. The molecule has 8 nitrogen and oxygen atoms in total. The van der Waals surface area contributed by atoms with Crippen molar-refractivity contribution in [1.82, 2.24) is 9.66 Å². The van der Waals surface area contributed by atoms with Crippen LogP contribution in [0.25, 0.3) is 22.3 Å². The van der Waals surface area contributed by atoms with E-state index in [-0.39, 0.29) is 18.1 Å². The van der Waals surface area contributed by atoms with Crippen LogP contribution in [0.2, 0.25) is 0 Å². The molecule has 44 heavy (non-hydrogen) atoms. The van der Waals surface area contributed by atoms with E-state index in [1.807, 2.05) is 38.1 Å². The number of halogens is 1. The predicted molar refractivity (Wildman–Crippen MR) is 171 cm³/mol. The summed E-state index contributed by atoms with van der Waals surface area (Å²) in [5.41, 5.74) is 4.07. The summed E-state index contributed by atoms with van der Waals surface area (Å²) in [5, 5.41) is 7.64. The molecule has 9 heteroatoms. The van der Waals surface area contributed by atoms with Crippen molar-refractivity contribution < 1.29 is 18.7 Å². The summed E-state index contributed by atoms with van der Waals surface area (Å²) >= 11 is 0. The average molecular weight is 593 g/mol. The smallest absolute Gasteiger partial charge is 0.282 e. The third-order valence-electron chi connectivity index (χ3n) is 6.95. The van der Waals surface area contributed by atoms with Crippen LogP contribution in [0.3, 0.4) is 0 Å². The summed E-state index contributed by atoms with van der Waals surface area (Å²) in [6, 6.07) is 23.8. The molecule has 0 atom stereocenters. The molecule has 1 N–H and O–H groups in total. The molecule has 224 valence electrons. The number of anilines is 1. The monoisotopic (exact) mass is 592 g/mol. The van der Waals surface area contributed by atoms with E-state index in [4.69, 9.17) is 14.5 Å². The molecule has 4 aromatic carbocycles. The molecule has 0 aliphatic rings. The van der Waals surface area contributed by atoms with Gasteiger partial charge in [-0.15, -0.1) is 0 Å². The number of rotatable bonds is 10. The Hall–Kier alpha value is -5.31. The third kappa shape index (κ3) is 6.83. The highest BCUT2D eigenvalue weighted by Gasteiger charge is 2.18. The average Bonchev–Trinajstić information content (AvgIpc) is 3.00. The lowest BCUT2D eigenvalue weighted by atomic mass is 9.96. The van der Waals surface area contributed by atoms with Crippen LogP contribution in [0, 0.1) is 12.7 Å². The van der Waals surface area contributed by atoms with E-state index >= 15 is 0 Å². The lowest BCUT2D eigenvalue weighted by Crippen LogP contribution is -2.21. The lowest BCUT2D eigenvalue weighted by molar-refractivity contribution is -0.118. The van der Waals surface area contributed by atoms with Crippen LogP contribution in [0.5, 0.6) is 11.5 Å². The number of para-hydroxylation sites is 1. The molecular formula is C35H33FN4O4. The maximum atomic E-state index is 13.7. The van der Waals surface area contributed by atoms with Crippen molar-refractivity contribution in [2.75, 3.05) is 18.5 Å². The Balaban J connectivity index is 1.42. The summed E-state index contributed by atoms with van der Waals surface area (Å²) in [4.78, 5) is 30.8. The van der Waals surface area contributed by atoms with Gasteiger partial charge in [0.1, 0.15) is 17.3 Å². The first kappa shape index (κ1) is 30.2. The Labute approximate surface area is 254 Å². The van der Waals surface area contributed by atoms with Gasteiger partial charge in [-0.05, 0) is 103 Å². The zero-order valence-electron chi connectivity index (χ0n) is 25.0. The molecule has 5 aromatic rings. The van der Waals surface area contributed by atoms with Gasteiger partial charge in [0.15, 0.2) is 12.4 Å². The molecule has 1 aromatic heterocycles. The van der Waals surface area contributed by atoms with Crippen LogP contribution in [0.15, 0.2) is 94.8 Å². The number of carbonyl (C=O) groups excluding carboxylic acids is 1. The number of fused-ring (bicyclic) bond motifs is 1. The summed E-state index contributed by atoms with van der Waals surface area (Å²) in [5.74, 6) is 1.04. The standard InChI is InChI=1S/C35H33FN4O4/c1-5-43-32-17-23(4)30(19-29(32)22(2)3)34-39-31-12-7-6-11-28(31)35(42)40(34)37-20-24-13-15-27(16-14-24)44-21-33(41)38-26-10-8-9-25(36)18-26/h6-20,22H,5,21H2,1-4H3,(H,38,41). The number of nitrogens with zero attached hydrogens (tertiary/aromatic N) is 3. The molecule has 5 rings (SSSR count). The second-order valence-corrected chi connectivity index (χ2v) is 10.5. The minimum absolute atomic E-state index is 0.188. The van der Waals surface area contributed by atoms with E-state index in [0.717, 1.165) is 22.4 Å². The van der Waals surface area contributed by atoms with Gasteiger partial charge in [-0.25, -0.2) is 9.37 Å². The molecule has 0 aliphatic heterocycles. The fourth-order valence-corrected chi connectivity index (χ4v) is 4.76. The van der Waals surface area contributed by atoms with Gasteiger partial charge >= 0.3 is 0 Å². The number of ether oxygens (including phenoxy) is 2. The Morgan fingerprint density at radius 1 is 1.02 bits per heavy atom. The molecule has 0 fully saturated rings. The number of nitrogens with one attached hydrogen (secondary N) is 1. The maximum absolute atomic E-state index is 13.7. The molecule has 0 saturated carbocycles. The first-order valence-electron chi connectivity index (χ1n) is 14.4. The van der Waals surface area contributed by atoms with Crippen LogP contribution in [-0.2, 0) is 4.79 Å². The fourth-order valence-electron chi connectivity index (χ4n) is 4.76. The molecule has 0 radical (unpaired) electrons. The summed E-state index contributed by atoms with van der Waals surface area (Å²) in [6.45, 7) is 8.42. The molecule has 1 amide bonds. The summed E-state index contributed by atoms with van der Waals surface area (Å²) < 4.78 is 26.2. The highest BCUT2D eigenvalue weighted by molar-refractivity contribution is 5.91. The number of carbonyl (C=O) groups is 1. The highest BCUT2D eigenvalue weighted by Crippen LogP contribution is 2.34. The molecular weight excluding hydrogens is 559 g/mol. The van der Waals surface area contributed by atoms with Gasteiger partial charge in [0.05, 0.1) is 23.7 Å². The summed E-state index contributed by atoms with van der Waals surface area (Å²) in [7, 11) is 0. The van der Waals surface area contributed by atoms with E-state index in [1.165, 1.54) is 22.9 Å². The zero-order valence-corrected chi connectivity index (χ0v) is 25.0. The fraction of sp³-hybridized carbons (Fsp3) is 0.200. The van der Waals surface area contributed by atoms with Crippen molar-refractivity contribution in [2.45, 2.75) is 33.6 Å². The van der Waals surface area contributed by atoms with E-state index in [0.29, 0.717) is 40.3 Å². The molecule has 0 saturated heterocycles. The minimum Gasteiger partial charge on any atom is -0.494 e. The van der Waals surface area contributed by atoms with Gasteiger partial charge in [0.2, 0.25) is 0 Å². The van der Waals surface area contributed by atoms with E-state index in [9.17, 15) is 14.0 Å². The van der Waals surface area contributed by atoms with Gasteiger partial charge in [-0.3, -0.25) is 9.59 Å². The van der Waals surface area contributed by atoms with Crippen LogP contribution < -0.4 is 20.3 Å². The molecule has 0 unspecified atom stereocenters. The van der Waals surface area contributed by atoms with Crippen LogP contribution in [-0.4, -0.2) is 35.0 Å². The van der Waals surface area contributed by atoms with Gasteiger partial charge in [-0.2, -0.15) is 9.78 Å². The van der Waals surface area contributed by atoms with Crippen molar-refractivity contribution in [1.29, 1.82) is 0 Å². The SMILES string of the molecule is CCOc1cc(C)c(-c2nc3ccccc3c(=O)n2N=Cc2ccc(OCC(=O)Nc3cccc(F)c3)cc2)cc1C(C)C. The van der Waals surface area contributed by atoms with Gasteiger partial charge < -0.3 is 14.8 Å². The Bertz CT molecular complexity index is 1900. The first-order chi connectivity index (χ1) is 21.2. The van der Waals surface area contributed by atoms with Crippen molar-refractivity contribution >= 4 is 28.7 Å². The molecule has 0 spiro atoms. The molecule has 1 heterocycles. The van der Waals surface area contributed by atoms with Crippen molar-refractivity contribution in [3.05, 3.63) is 118 Å². The van der Waals surface area contributed by atoms with Crippen molar-refractivity contribution in [2.24, 2.45) is 5.10 Å². The van der Waals surface area contributed by atoms with Gasteiger partial charge in [0.25, 0.3) is 11.5 Å². The number of aryl methyl sites for hydroxylation is 1. The number of aromatic nitrogens is 2. The van der Waals surface area contributed by atoms with Crippen LogP contribution in [0.1, 0.15) is 43.4 Å². The normalized spacial score (nSPS) is 11.3. The zero-order chi connectivity index (χ0) is 31.2. The number of hydrogen-bond acceptors (Lipinski definition) is 6. The minimum atomic E-state index is -0.440. The Morgan fingerprint density at radius 3 is 2.52 bits per heavy atom. The third-order valence-corrected chi connectivity index (χ3v) is 6.95. The van der Waals surface area contributed by atoms with Crippen LogP contribution >= 0.6 is 0 Å². The lowest BCUT2D eigenvalue weighted by Gasteiger charge is -2.18. The Morgan fingerprint density at radius 2 is 1.80 bits per heavy atom. The topological polar surface area (TPSA) is 94.8 Å². The van der Waals surface area contributed by atoms with E-state index < -0.39 is 11.7 Å². The Kier molecular flexibility index (Phi) is 9.14. The van der Waals surface area contributed by atoms with Crippen LogP contribution in [0.4, 0.5) is 10.1 Å². The first-order valence-corrected chi connectivity index (χ1v) is 14.4. The number of amides is 1. The van der Waals surface area contributed by atoms with Gasteiger partial charge in [0, 0.05) is 11.3 Å².